The maximum atomic E-state index is 12.8. The number of aromatic hydroxyl groups is 1. The first kappa shape index (κ1) is 54.4. The molecule has 0 aliphatic carbocycles. The van der Waals surface area contributed by atoms with Crippen LogP contribution < -0.4 is 0 Å². The minimum atomic E-state index is -0.342. The molecule has 0 aliphatic heterocycles. The maximum Gasteiger partial charge on any atom is 0.148 e. The number of hydrogen-bond donors (Lipinski definition) is 1. The van der Waals surface area contributed by atoms with Gasteiger partial charge in [-0.25, -0.2) is 4.98 Å². The van der Waals surface area contributed by atoms with Crippen LogP contribution in [0.25, 0.3) is 83.9 Å². The third-order valence-corrected chi connectivity index (χ3v) is 15.7. The van der Waals surface area contributed by atoms with Crippen LogP contribution in [0.5, 0.6) is 5.75 Å². The molecule has 11 aromatic rings. The summed E-state index contributed by atoms with van der Waals surface area (Å²) in [5, 5.41) is 12.8. The Hall–Kier alpha value is -7.91. The van der Waals surface area contributed by atoms with E-state index >= 15 is 0 Å². The molecule has 0 fully saturated rings. The minimum absolute atomic E-state index is 0. The van der Waals surface area contributed by atoms with Crippen molar-refractivity contribution < 1.29 is 26.2 Å². The average Bonchev–Trinajstić information content (AvgIpc) is 4.10. The number of rotatable bonds is 10. The molecule has 2 aromatic heterocycles. The van der Waals surface area contributed by atoms with Crippen molar-refractivity contribution in [3.8, 4) is 78.6 Å². The average molecular weight is 1210 g/mol. The van der Waals surface area contributed by atoms with Gasteiger partial charge in [0, 0.05) is 49.5 Å². The zero-order chi connectivity index (χ0) is 54.6. The van der Waals surface area contributed by atoms with Crippen molar-refractivity contribution in [3.63, 3.8) is 0 Å². The first-order chi connectivity index (χ1) is 37.4. The fourth-order valence-electron chi connectivity index (χ4n) is 10.9. The fraction of sp³-hybridized carbons (Fsp3) is 0.189. The molecule has 0 aliphatic rings. The van der Waals surface area contributed by atoms with E-state index in [-0.39, 0.29) is 48.5 Å². The van der Waals surface area contributed by atoms with Crippen molar-refractivity contribution in [1.82, 2.24) is 14.5 Å². The van der Waals surface area contributed by atoms with E-state index in [2.05, 4.69) is 280 Å². The van der Waals surface area contributed by atoms with Crippen LogP contribution in [-0.2, 0) is 42.7 Å². The molecule has 79 heavy (non-hydrogen) atoms. The van der Waals surface area contributed by atoms with Crippen molar-refractivity contribution in [1.29, 1.82) is 0 Å². The number of imidazole rings is 1. The smallest absolute Gasteiger partial charge is 0.148 e. The molecule has 5 heteroatoms. The second-order valence-electron chi connectivity index (χ2n) is 24.1. The van der Waals surface area contributed by atoms with Crippen molar-refractivity contribution in [2.24, 2.45) is 0 Å². The Kier molecular flexibility index (Phi) is 14.7. The molecule has 396 valence electrons. The first-order valence-corrected chi connectivity index (χ1v) is 27.3. The van der Waals surface area contributed by atoms with Gasteiger partial charge in [0.05, 0.1) is 22.3 Å². The number of pyridine rings is 1. The summed E-state index contributed by atoms with van der Waals surface area (Å²) in [6.07, 6.45) is 1.92. The third-order valence-electron chi connectivity index (χ3n) is 15.7. The van der Waals surface area contributed by atoms with Gasteiger partial charge in [0.25, 0.3) is 0 Å². The number of fused-ring (bicyclic) bond motifs is 1. The summed E-state index contributed by atoms with van der Waals surface area (Å²) in [6.45, 7) is 22.6. The molecule has 9 aromatic carbocycles. The predicted molar refractivity (Wildman–Crippen MR) is 327 cm³/mol. The maximum absolute atomic E-state index is 12.8. The van der Waals surface area contributed by atoms with Crippen molar-refractivity contribution in [3.05, 3.63) is 264 Å². The number of aromatic nitrogens is 3. The molecule has 0 unspecified atom stereocenters. The van der Waals surface area contributed by atoms with Gasteiger partial charge in [0.15, 0.2) is 0 Å². The predicted octanol–water partition coefficient (Wildman–Crippen LogP) is 19.2. The molecular formula is C74H68N3OPt-. The summed E-state index contributed by atoms with van der Waals surface area (Å²) in [5.74, 6) is 0.838. The van der Waals surface area contributed by atoms with E-state index in [1.54, 1.807) is 0 Å². The van der Waals surface area contributed by atoms with Crippen molar-refractivity contribution >= 4 is 11.0 Å². The first-order valence-electron chi connectivity index (χ1n) is 27.3. The molecule has 0 amide bonds. The monoisotopic (exact) mass is 1210 g/mol. The quantitative estimate of drug-likeness (QED) is 0.110. The summed E-state index contributed by atoms with van der Waals surface area (Å²) in [4.78, 5) is 10.8. The number of phenols is 1. The van der Waals surface area contributed by atoms with Gasteiger partial charge in [0.2, 0.25) is 0 Å². The van der Waals surface area contributed by atoms with Gasteiger partial charge in [-0.3, -0.25) is 9.55 Å². The van der Waals surface area contributed by atoms with E-state index in [1.165, 1.54) is 22.3 Å². The van der Waals surface area contributed by atoms with Crippen LogP contribution in [0, 0.1) is 6.07 Å². The number of hydrogen-bond acceptors (Lipinski definition) is 3. The number of para-hydroxylation sites is 1. The zero-order valence-electron chi connectivity index (χ0n) is 47.0. The van der Waals surface area contributed by atoms with E-state index in [9.17, 15) is 5.11 Å². The SMILES string of the molecule is CC(C)(C)c1cc(-c2cc(-c3ccc(C(C)(c4ccccc4)c4ccccc4)cc3)ccn2)[c-]c(-c2cccc3c2nc(-c2cc(C(C)(C)C)cc(-c4ccccc4)c2O)n3-c2ccc(C(C)(C)C)cc2-c2ccccc2)c1.[Pt]. The molecule has 0 atom stereocenters. The number of nitrogens with zero attached hydrogens (tertiary/aromatic N) is 3. The van der Waals surface area contributed by atoms with Gasteiger partial charge in [-0.2, -0.15) is 0 Å². The summed E-state index contributed by atoms with van der Waals surface area (Å²) in [7, 11) is 0. The van der Waals surface area contributed by atoms with Gasteiger partial charge < -0.3 is 5.11 Å². The second kappa shape index (κ2) is 21.4. The van der Waals surface area contributed by atoms with Gasteiger partial charge in [-0.15, -0.1) is 29.3 Å². The Morgan fingerprint density at radius 3 is 1.47 bits per heavy atom. The van der Waals surface area contributed by atoms with Crippen LogP contribution in [0.2, 0.25) is 0 Å². The van der Waals surface area contributed by atoms with Crippen LogP contribution in [0.15, 0.2) is 225 Å². The molecule has 0 spiro atoms. The Labute approximate surface area is 482 Å². The molecule has 0 saturated carbocycles. The van der Waals surface area contributed by atoms with Crippen LogP contribution in [0.1, 0.15) is 103 Å². The Balaban J connectivity index is 0.00000704. The van der Waals surface area contributed by atoms with Crippen molar-refractivity contribution in [2.75, 3.05) is 0 Å². The van der Waals surface area contributed by atoms with E-state index in [0.29, 0.717) is 11.4 Å². The van der Waals surface area contributed by atoms with E-state index in [1.807, 2.05) is 24.4 Å². The Bertz CT molecular complexity index is 3910. The molecule has 0 radical (unpaired) electrons. The van der Waals surface area contributed by atoms with Gasteiger partial charge in [-0.1, -0.05) is 243 Å². The second-order valence-corrected chi connectivity index (χ2v) is 24.1. The largest absolute Gasteiger partial charge is 0.507 e. The van der Waals surface area contributed by atoms with Gasteiger partial charge in [0.1, 0.15) is 11.6 Å². The van der Waals surface area contributed by atoms with Crippen LogP contribution in [0.4, 0.5) is 0 Å². The standard InChI is InChI=1S/C74H68N3O.Pt/c1-71(2,3)58-38-39-66(62(46-58)50-24-15-11-16-25-50)77-67-33-23-32-61(68(67)76-70(77)64-48-60(73(7,8)9)47-63(69(64)78)51-26-17-12-18-27-51)53-42-54(44-59(43-53)72(4,5)6)65-45-52(40-41-75-65)49-34-36-57(37-35-49)74(10,55-28-19-13-20-29-55)56-30-21-14-22-31-56;/h11-41,43-48,78H,1-10H3;/q-1;. The number of phenolic OH excluding ortho intramolecular Hbond substituents is 1. The Morgan fingerprint density at radius 2 is 0.886 bits per heavy atom. The van der Waals surface area contributed by atoms with E-state index in [0.717, 1.165) is 83.6 Å². The van der Waals surface area contributed by atoms with Crippen molar-refractivity contribution in [2.45, 2.75) is 90.9 Å². The molecule has 2 heterocycles. The van der Waals surface area contributed by atoms with E-state index in [4.69, 9.17) is 9.97 Å². The van der Waals surface area contributed by atoms with Crippen LogP contribution >= 0.6 is 0 Å². The summed E-state index contributed by atoms with van der Waals surface area (Å²) in [5.41, 5.74) is 19.3. The third kappa shape index (κ3) is 10.6. The van der Waals surface area contributed by atoms with Gasteiger partial charge >= 0.3 is 0 Å². The molecule has 0 bridgehead atoms. The normalized spacial score (nSPS) is 12.1. The topological polar surface area (TPSA) is 50.9 Å². The van der Waals surface area contributed by atoms with E-state index < -0.39 is 0 Å². The van der Waals surface area contributed by atoms with Crippen LogP contribution in [-0.4, -0.2) is 19.6 Å². The number of benzene rings is 9. The molecule has 1 N–H and O–H groups in total. The molecule has 4 nitrogen and oxygen atoms in total. The summed E-state index contributed by atoms with van der Waals surface area (Å²) in [6, 6.07) is 81.7. The van der Waals surface area contributed by atoms with Crippen LogP contribution in [0.3, 0.4) is 0 Å². The molecular weight excluding hydrogens is 1140 g/mol. The summed E-state index contributed by atoms with van der Waals surface area (Å²) >= 11 is 0. The molecule has 0 saturated heterocycles. The summed E-state index contributed by atoms with van der Waals surface area (Å²) < 4.78 is 2.27. The Morgan fingerprint density at radius 1 is 0.392 bits per heavy atom. The molecule has 11 rings (SSSR count). The fourth-order valence-corrected chi connectivity index (χ4v) is 10.9. The zero-order valence-corrected chi connectivity index (χ0v) is 49.2. The minimum Gasteiger partial charge on any atom is -0.507 e. The van der Waals surface area contributed by atoms with Gasteiger partial charge in [-0.05, 0) is 110 Å².